The van der Waals surface area contributed by atoms with E-state index in [1.807, 2.05) is 43.3 Å². The zero-order valence-corrected chi connectivity index (χ0v) is 13.1. The van der Waals surface area contributed by atoms with E-state index in [0.29, 0.717) is 4.91 Å². The predicted molar refractivity (Wildman–Crippen MR) is 84.9 cm³/mol. The second-order valence-corrected chi connectivity index (χ2v) is 5.64. The molecule has 1 heterocycles. The van der Waals surface area contributed by atoms with E-state index in [0.717, 1.165) is 27.8 Å². The van der Waals surface area contributed by atoms with E-state index in [1.54, 1.807) is 6.08 Å². The smallest absolute Gasteiger partial charge is 0.325 e. The maximum atomic E-state index is 12.1. The lowest BCUT2D eigenvalue weighted by atomic mass is 10.1. The van der Waals surface area contributed by atoms with Crippen LogP contribution in [0.25, 0.3) is 6.08 Å². The molecule has 0 bridgehead atoms. The number of hydrogen-bond acceptors (Lipinski definition) is 5. The van der Waals surface area contributed by atoms with Crippen molar-refractivity contribution in [2.24, 2.45) is 0 Å². The van der Waals surface area contributed by atoms with Crippen molar-refractivity contribution < 1.29 is 19.1 Å². The number of benzene rings is 1. The topological polar surface area (TPSA) is 63.7 Å². The van der Waals surface area contributed by atoms with Gasteiger partial charge in [-0.2, -0.15) is 0 Å². The van der Waals surface area contributed by atoms with Crippen LogP contribution in [0.5, 0.6) is 0 Å². The fourth-order valence-corrected chi connectivity index (χ4v) is 2.78. The molecule has 2 amide bonds. The lowest BCUT2D eigenvalue weighted by Crippen LogP contribution is -2.34. The molecule has 0 unspecified atom stereocenters. The summed E-state index contributed by atoms with van der Waals surface area (Å²) in [4.78, 5) is 36.3. The van der Waals surface area contributed by atoms with E-state index >= 15 is 0 Å². The van der Waals surface area contributed by atoms with Gasteiger partial charge < -0.3 is 4.74 Å². The average Bonchev–Trinajstić information content (AvgIpc) is 2.75. The summed E-state index contributed by atoms with van der Waals surface area (Å²) >= 11 is 0.823. The number of hydrogen-bond donors (Lipinski definition) is 0. The van der Waals surface area contributed by atoms with E-state index in [-0.39, 0.29) is 6.54 Å². The normalized spacial score (nSPS) is 17.3. The van der Waals surface area contributed by atoms with Gasteiger partial charge in [0.25, 0.3) is 11.1 Å². The number of nitrogens with zero attached hydrogens (tertiary/aromatic N) is 1. The predicted octanol–water partition coefficient (Wildman–Crippen LogP) is 2.84. The molecule has 0 saturated carbocycles. The Hall–Kier alpha value is -2.34. The van der Waals surface area contributed by atoms with E-state index in [9.17, 15) is 14.4 Å². The molecule has 0 N–H and O–H groups in total. The second-order valence-electron chi connectivity index (χ2n) is 4.64. The molecule has 1 aliphatic heterocycles. The Bertz CT molecular complexity index is 664. The molecule has 22 heavy (non-hydrogen) atoms. The zero-order chi connectivity index (χ0) is 16.1. The Morgan fingerprint density at radius 2 is 1.95 bits per heavy atom. The Balaban J connectivity index is 2.16. The minimum absolute atomic E-state index is 0.304. The van der Waals surface area contributed by atoms with Crippen LogP contribution in [0.1, 0.15) is 12.5 Å². The molecule has 1 fully saturated rings. The van der Waals surface area contributed by atoms with Gasteiger partial charge >= 0.3 is 5.97 Å². The van der Waals surface area contributed by atoms with E-state index < -0.39 is 17.1 Å². The maximum Gasteiger partial charge on any atom is 0.325 e. The first-order valence-electron chi connectivity index (χ1n) is 6.57. The van der Waals surface area contributed by atoms with Crippen LogP contribution in [-0.2, 0) is 14.3 Å². The lowest BCUT2D eigenvalue weighted by molar-refractivity contribution is -0.143. The highest BCUT2D eigenvalue weighted by molar-refractivity contribution is 8.18. The first-order valence-corrected chi connectivity index (χ1v) is 7.38. The van der Waals surface area contributed by atoms with Crippen LogP contribution in [-0.4, -0.2) is 35.7 Å². The quantitative estimate of drug-likeness (QED) is 0.631. The summed E-state index contributed by atoms with van der Waals surface area (Å²) in [5, 5.41) is -0.464. The number of allylic oxidation sites excluding steroid dienone is 2. The molecule has 6 heteroatoms. The molecule has 1 aromatic rings. The van der Waals surface area contributed by atoms with Crippen LogP contribution in [0, 0.1) is 0 Å². The summed E-state index contributed by atoms with van der Waals surface area (Å²) in [7, 11) is 1.21. The van der Waals surface area contributed by atoms with E-state index in [4.69, 9.17) is 0 Å². The van der Waals surface area contributed by atoms with Gasteiger partial charge in [0.05, 0.1) is 12.0 Å². The van der Waals surface area contributed by atoms with Gasteiger partial charge in [-0.3, -0.25) is 19.3 Å². The molecule has 1 aromatic carbocycles. The van der Waals surface area contributed by atoms with Crippen molar-refractivity contribution in [1.29, 1.82) is 0 Å². The van der Waals surface area contributed by atoms with Gasteiger partial charge in [0.2, 0.25) is 0 Å². The fraction of sp³-hybridized carbons (Fsp3) is 0.188. The monoisotopic (exact) mass is 317 g/mol. The van der Waals surface area contributed by atoms with Gasteiger partial charge in [0.1, 0.15) is 6.54 Å². The number of esters is 1. The van der Waals surface area contributed by atoms with Crippen LogP contribution in [0.3, 0.4) is 0 Å². The molecule has 5 nitrogen and oxygen atoms in total. The Kier molecular flexibility index (Phi) is 5.16. The van der Waals surface area contributed by atoms with Crippen molar-refractivity contribution in [3.05, 3.63) is 52.4 Å². The molecule has 1 saturated heterocycles. The molecule has 0 aromatic heterocycles. The van der Waals surface area contributed by atoms with E-state index in [2.05, 4.69) is 4.74 Å². The zero-order valence-electron chi connectivity index (χ0n) is 12.2. The van der Waals surface area contributed by atoms with Crippen LogP contribution in [0.2, 0.25) is 0 Å². The van der Waals surface area contributed by atoms with Gasteiger partial charge in [0, 0.05) is 0 Å². The fourth-order valence-electron chi connectivity index (χ4n) is 1.89. The molecule has 2 rings (SSSR count). The highest BCUT2D eigenvalue weighted by Gasteiger charge is 2.36. The largest absolute Gasteiger partial charge is 0.468 e. The number of rotatable bonds is 4. The number of thioether (sulfide) groups is 1. The molecule has 114 valence electrons. The summed E-state index contributed by atoms with van der Waals surface area (Å²) in [5.41, 5.74) is 1.85. The lowest BCUT2D eigenvalue weighted by Gasteiger charge is -2.09. The van der Waals surface area contributed by atoms with Crippen molar-refractivity contribution >= 4 is 35.0 Å². The van der Waals surface area contributed by atoms with Gasteiger partial charge in [-0.05, 0) is 35.9 Å². The molecule has 0 radical (unpaired) electrons. The third-order valence-corrected chi connectivity index (χ3v) is 3.85. The number of methoxy groups -OCH3 is 1. The molecule has 0 spiro atoms. The summed E-state index contributed by atoms with van der Waals surface area (Å²) in [6.07, 6.45) is 3.56. The highest BCUT2D eigenvalue weighted by Crippen LogP contribution is 2.31. The number of carbonyl (C=O) groups is 3. The van der Waals surface area contributed by atoms with Crippen molar-refractivity contribution in [2.45, 2.75) is 6.92 Å². The van der Waals surface area contributed by atoms with Crippen LogP contribution in [0.4, 0.5) is 4.79 Å². The SMILES string of the molecule is COC(=O)CN1C(=O)S/C(=C/C(C)=C/c2ccccc2)C1=O. The van der Waals surface area contributed by atoms with Crippen LogP contribution >= 0.6 is 11.8 Å². The molecular formula is C16H15NO4S. The van der Waals surface area contributed by atoms with Crippen molar-refractivity contribution in [3.63, 3.8) is 0 Å². The molecule has 0 atom stereocenters. The second kappa shape index (κ2) is 7.09. The van der Waals surface area contributed by atoms with Crippen LogP contribution < -0.4 is 0 Å². The van der Waals surface area contributed by atoms with Gasteiger partial charge in [-0.15, -0.1) is 0 Å². The van der Waals surface area contributed by atoms with Crippen molar-refractivity contribution in [2.75, 3.05) is 13.7 Å². The average molecular weight is 317 g/mol. The van der Waals surface area contributed by atoms with Gasteiger partial charge in [-0.25, -0.2) is 0 Å². The first kappa shape index (κ1) is 16.0. The molecular weight excluding hydrogens is 302 g/mol. The van der Waals surface area contributed by atoms with Crippen molar-refractivity contribution in [3.8, 4) is 0 Å². The highest BCUT2D eigenvalue weighted by atomic mass is 32.2. The Morgan fingerprint density at radius 3 is 2.59 bits per heavy atom. The number of imide groups is 1. The molecule has 0 aliphatic carbocycles. The molecule has 1 aliphatic rings. The summed E-state index contributed by atoms with van der Waals surface area (Å²) in [6.45, 7) is 1.49. The summed E-state index contributed by atoms with van der Waals surface area (Å²) in [5.74, 6) is -1.10. The maximum absolute atomic E-state index is 12.1. The van der Waals surface area contributed by atoms with E-state index in [1.165, 1.54) is 7.11 Å². The van der Waals surface area contributed by atoms with Gasteiger partial charge in [0.15, 0.2) is 0 Å². The minimum atomic E-state index is -0.625. The third kappa shape index (κ3) is 3.85. The van der Waals surface area contributed by atoms with Crippen LogP contribution in [0.15, 0.2) is 46.9 Å². The number of amides is 2. The van der Waals surface area contributed by atoms with Gasteiger partial charge in [-0.1, -0.05) is 36.4 Å². The number of ether oxygens (including phenoxy) is 1. The Morgan fingerprint density at radius 1 is 1.27 bits per heavy atom. The summed E-state index contributed by atoms with van der Waals surface area (Å²) in [6, 6.07) is 9.65. The standard InChI is InChI=1S/C16H15NO4S/c1-11(8-12-6-4-3-5-7-12)9-13-15(19)17(16(20)22-13)10-14(18)21-2/h3-9H,10H2,1-2H3/b11-8+,13-9+. The number of carbonyl (C=O) groups excluding carboxylic acids is 3. The minimum Gasteiger partial charge on any atom is -0.468 e. The Labute approximate surface area is 132 Å². The van der Waals surface area contributed by atoms with Crippen molar-refractivity contribution in [1.82, 2.24) is 4.90 Å². The summed E-state index contributed by atoms with van der Waals surface area (Å²) < 4.78 is 4.48. The third-order valence-electron chi connectivity index (χ3n) is 2.94. The first-order chi connectivity index (χ1) is 10.5.